The van der Waals surface area contributed by atoms with Crippen molar-refractivity contribution >= 4 is 15.7 Å². The van der Waals surface area contributed by atoms with Crippen molar-refractivity contribution in [3.63, 3.8) is 0 Å². The normalized spacial score (nSPS) is 17.9. The first-order valence-electron chi connectivity index (χ1n) is 6.76. The molecule has 0 aromatic heterocycles. The minimum absolute atomic E-state index is 0.0633. The topological polar surface area (TPSA) is 66.5 Å². The standard InChI is InChI=1S/C14H20N2O3S/c1-15-7-6-12-4-2-3-5-13(12)14(17)16-8-10-20(18,19)11-9-16/h2-5,15H,6-11H2,1H3. The lowest BCUT2D eigenvalue weighted by Crippen LogP contribution is -2.44. The van der Waals surface area contributed by atoms with Gasteiger partial charge >= 0.3 is 0 Å². The van der Waals surface area contributed by atoms with E-state index in [1.807, 2.05) is 31.3 Å². The van der Waals surface area contributed by atoms with Crippen LogP contribution in [0.1, 0.15) is 15.9 Å². The van der Waals surface area contributed by atoms with Crippen molar-refractivity contribution in [2.24, 2.45) is 0 Å². The molecule has 1 aliphatic rings. The van der Waals surface area contributed by atoms with Crippen LogP contribution in [0, 0.1) is 0 Å². The Morgan fingerprint density at radius 3 is 2.55 bits per heavy atom. The molecule has 1 aromatic rings. The lowest BCUT2D eigenvalue weighted by molar-refractivity contribution is 0.0769. The molecule has 0 radical (unpaired) electrons. The number of amides is 1. The number of carbonyl (C=O) groups is 1. The summed E-state index contributed by atoms with van der Waals surface area (Å²) < 4.78 is 22.8. The summed E-state index contributed by atoms with van der Waals surface area (Å²) in [5.41, 5.74) is 1.68. The molecule has 0 atom stereocenters. The Labute approximate surface area is 119 Å². The Hall–Kier alpha value is -1.40. The third kappa shape index (κ3) is 3.58. The van der Waals surface area contributed by atoms with Crippen molar-refractivity contribution in [1.29, 1.82) is 0 Å². The molecule has 20 heavy (non-hydrogen) atoms. The van der Waals surface area contributed by atoms with Crippen LogP contribution in [-0.2, 0) is 16.3 Å². The number of nitrogens with zero attached hydrogens (tertiary/aromatic N) is 1. The number of sulfone groups is 1. The summed E-state index contributed by atoms with van der Waals surface area (Å²) in [6.45, 7) is 1.39. The fourth-order valence-electron chi connectivity index (χ4n) is 2.29. The van der Waals surface area contributed by atoms with Gasteiger partial charge in [0.05, 0.1) is 11.5 Å². The molecule has 0 aliphatic carbocycles. The second-order valence-electron chi connectivity index (χ2n) is 4.95. The largest absolute Gasteiger partial charge is 0.337 e. The lowest BCUT2D eigenvalue weighted by atomic mass is 10.0. The highest BCUT2D eigenvalue weighted by atomic mass is 32.2. The van der Waals surface area contributed by atoms with E-state index in [2.05, 4.69) is 5.32 Å². The van der Waals surface area contributed by atoms with Crippen molar-refractivity contribution in [3.05, 3.63) is 35.4 Å². The quantitative estimate of drug-likeness (QED) is 0.869. The van der Waals surface area contributed by atoms with Gasteiger partial charge in [-0.05, 0) is 31.6 Å². The highest BCUT2D eigenvalue weighted by Gasteiger charge is 2.26. The molecular weight excluding hydrogens is 276 g/mol. The van der Waals surface area contributed by atoms with E-state index in [-0.39, 0.29) is 17.4 Å². The monoisotopic (exact) mass is 296 g/mol. The molecule has 1 aromatic carbocycles. The molecule has 1 saturated heterocycles. The van der Waals surface area contributed by atoms with Crippen LogP contribution in [0.25, 0.3) is 0 Å². The number of hydrogen-bond donors (Lipinski definition) is 1. The molecule has 0 saturated carbocycles. The third-order valence-corrected chi connectivity index (χ3v) is 5.13. The predicted molar refractivity (Wildman–Crippen MR) is 78.6 cm³/mol. The fourth-order valence-corrected chi connectivity index (χ4v) is 3.49. The number of carbonyl (C=O) groups excluding carboxylic acids is 1. The van der Waals surface area contributed by atoms with Crippen molar-refractivity contribution in [2.45, 2.75) is 6.42 Å². The van der Waals surface area contributed by atoms with E-state index in [0.717, 1.165) is 18.5 Å². The zero-order chi connectivity index (χ0) is 14.6. The summed E-state index contributed by atoms with van der Waals surface area (Å²) >= 11 is 0. The second-order valence-corrected chi connectivity index (χ2v) is 7.26. The molecule has 1 fully saturated rings. The maximum atomic E-state index is 12.5. The smallest absolute Gasteiger partial charge is 0.254 e. The van der Waals surface area contributed by atoms with Gasteiger partial charge < -0.3 is 10.2 Å². The summed E-state index contributed by atoms with van der Waals surface area (Å²) in [6.07, 6.45) is 0.782. The summed E-state index contributed by atoms with van der Waals surface area (Å²) in [4.78, 5) is 14.1. The first-order chi connectivity index (χ1) is 9.53. The molecular formula is C14H20N2O3S. The highest BCUT2D eigenvalue weighted by molar-refractivity contribution is 7.91. The summed E-state index contributed by atoms with van der Waals surface area (Å²) in [6, 6.07) is 7.53. The van der Waals surface area contributed by atoms with E-state index in [0.29, 0.717) is 18.7 Å². The molecule has 1 aliphatic heterocycles. The average molecular weight is 296 g/mol. The average Bonchev–Trinajstić information content (AvgIpc) is 2.45. The summed E-state index contributed by atoms with van der Waals surface area (Å²) in [5, 5.41) is 3.07. The number of nitrogens with one attached hydrogen (secondary N) is 1. The van der Waals surface area contributed by atoms with Gasteiger partial charge in [0, 0.05) is 18.7 Å². The van der Waals surface area contributed by atoms with Gasteiger partial charge in [-0.2, -0.15) is 0 Å². The van der Waals surface area contributed by atoms with E-state index >= 15 is 0 Å². The fraction of sp³-hybridized carbons (Fsp3) is 0.500. The summed E-state index contributed by atoms with van der Waals surface area (Å²) in [5.74, 6) is 0.0704. The minimum atomic E-state index is -2.96. The first-order valence-corrected chi connectivity index (χ1v) is 8.58. The van der Waals surface area contributed by atoms with Crippen LogP contribution in [0.5, 0.6) is 0 Å². The molecule has 5 nitrogen and oxygen atoms in total. The van der Waals surface area contributed by atoms with Gasteiger partial charge in [0.2, 0.25) is 0 Å². The van der Waals surface area contributed by atoms with Crippen molar-refractivity contribution in [3.8, 4) is 0 Å². The van der Waals surface area contributed by atoms with Gasteiger partial charge in [0.15, 0.2) is 9.84 Å². The number of benzene rings is 1. The molecule has 0 spiro atoms. The maximum Gasteiger partial charge on any atom is 0.254 e. The van der Waals surface area contributed by atoms with Crippen LogP contribution in [0.15, 0.2) is 24.3 Å². The summed E-state index contributed by atoms with van der Waals surface area (Å²) in [7, 11) is -1.08. The van der Waals surface area contributed by atoms with Crippen molar-refractivity contribution in [2.75, 3.05) is 38.2 Å². The van der Waals surface area contributed by atoms with Gasteiger partial charge in [-0.15, -0.1) is 0 Å². The second kappa shape index (κ2) is 6.37. The van der Waals surface area contributed by atoms with Gasteiger partial charge in [-0.25, -0.2) is 8.42 Å². The highest BCUT2D eigenvalue weighted by Crippen LogP contribution is 2.14. The van der Waals surface area contributed by atoms with Crippen LogP contribution in [0.4, 0.5) is 0 Å². The SMILES string of the molecule is CNCCc1ccccc1C(=O)N1CCS(=O)(=O)CC1. The van der Waals surface area contributed by atoms with Crippen LogP contribution < -0.4 is 5.32 Å². The van der Waals surface area contributed by atoms with E-state index in [1.54, 1.807) is 4.90 Å². The molecule has 0 unspecified atom stereocenters. The zero-order valence-corrected chi connectivity index (χ0v) is 12.4. The van der Waals surface area contributed by atoms with Crippen molar-refractivity contribution in [1.82, 2.24) is 10.2 Å². The number of likely N-dealkylation sites (N-methyl/N-ethyl adjacent to an activating group) is 1. The molecule has 0 bridgehead atoms. The van der Waals surface area contributed by atoms with E-state index in [1.165, 1.54) is 0 Å². The lowest BCUT2D eigenvalue weighted by Gasteiger charge is -2.27. The predicted octanol–water partition coefficient (Wildman–Crippen LogP) is 0.319. The van der Waals surface area contributed by atoms with Gasteiger partial charge in [-0.3, -0.25) is 4.79 Å². The molecule has 6 heteroatoms. The Balaban J connectivity index is 2.13. The molecule has 1 N–H and O–H groups in total. The third-order valence-electron chi connectivity index (χ3n) is 3.52. The molecule has 2 rings (SSSR count). The van der Waals surface area contributed by atoms with Crippen LogP contribution in [0.3, 0.4) is 0 Å². The van der Waals surface area contributed by atoms with E-state index in [9.17, 15) is 13.2 Å². The maximum absolute atomic E-state index is 12.5. The van der Waals surface area contributed by atoms with Crippen LogP contribution >= 0.6 is 0 Å². The van der Waals surface area contributed by atoms with Crippen LogP contribution in [0.2, 0.25) is 0 Å². The number of rotatable bonds is 4. The van der Waals surface area contributed by atoms with Crippen molar-refractivity contribution < 1.29 is 13.2 Å². The molecule has 1 heterocycles. The number of hydrogen-bond acceptors (Lipinski definition) is 4. The van der Waals surface area contributed by atoms with Gasteiger partial charge in [0.25, 0.3) is 5.91 Å². The van der Waals surface area contributed by atoms with Gasteiger partial charge in [0.1, 0.15) is 0 Å². The van der Waals surface area contributed by atoms with Crippen LogP contribution in [-0.4, -0.2) is 57.4 Å². The Morgan fingerprint density at radius 2 is 1.90 bits per heavy atom. The first kappa shape index (κ1) is 15.0. The zero-order valence-electron chi connectivity index (χ0n) is 11.6. The minimum Gasteiger partial charge on any atom is -0.337 e. The molecule has 1 amide bonds. The van der Waals surface area contributed by atoms with Gasteiger partial charge in [-0.1, -0.05) is 18.2 Å². The van der Waals surface area contributed by atoms with E-state index in [4.69, 9.17) is 0 Å². The Morgan fingerprint density at radius 1 is 1.25 bits per heavy atom. The van der Waals surface area contributed by atoms with E-state index < -0.39 is 9.84 Å². The molecule has 110 valence electrons. The Bertz CT molecular complexity index is 570. The Kier molecular flexibility index (Phi) is 4.77.